The largest absolute Gasteiger partial charge is 0.456 e. The van der Waals surface area contributed by atoms with Crippen LogP contribution in [0.3, 0.4) is 0 Å². The molecule has 6 aromatic carbocycles. The van der Waals surface area contributed by atoms with E-state index < -0.39 is 0 Å². The van der Waals surface area contributed by atoms with E-state index in [0.29, 0.717) is 0 Å². The Morgan fingerprint density at radius 3 is 1.33 bits per heavy atom. The van der Waals surface area contributed by atoms with Gasteiger partial charge in [-0.2, -0.15) is 0 Å². The number of furan rings is 1. The highest BCUT2D eigenvalue weighted by atomic mass is 16.3. The number of fused-ring (bicyclic) bond motifs is 9. The van der Waals surface area contributed by atoms with Crippen LogP contribution in [0.25, 0.3) is 89.1 Å². The number of para-hydroxylation sites is 2. The van der Waals surface area contributed by atoms with E-state index in [-0.39, 0.29) is 0 Å². The van der Waals surface area contributed by atoms with Crippen LogP contribution in [-0.4, -0.2) is 9.13 Å². The molecule has 0 aliphatic heterocycles. The Morgan fingerprint density at radius 1 is 0.419 bits per heavy atom. The van der Waals surface area contributed by atoms with Crippen molar-refractivity contribution >= 4 is 77.7 Å². The molecule has 0 saturated heterocycles. The zero-order chi connectivity index (χ0) is 28.7. The minimum absolute atomic E-state index is 0.878. The van der Waals surface area contributed by atoms with Crippen molar-refractivity contribution in [3.05, 3.63) is 146 Å². The molecule has 3 aromatic heterocycles. The number of hydrogen-bond donors (Lipinski definition) is 0. The fraction of sp³-hybridized carbons (Fsp3) is 0. The summed E-state index contributed by atoms with van der Waals surface area (Å²) in [5.41, 5.74) is 10.9. The van der Waals surface area contributed by atoms with Gasteiger partial charge in [0.05, 0.1) is 22.1 Å². The van der Waals surface area contributed by atoms with E-state index in [1.54, 1.807) is 0 Å². The van der Waals surface area contributed by atoms with Crippen LogP contribution in [0.4, 0.5) is 0 Å². The van der Waals surface area contributed by atoms with E-state index in [0.717, 1.165) is 44.4 Å². The lowest BCUT2D eigenvalue weighted by atomic mass is 10.1. The van der Waals surface area contributed by atoms with E-state index in [2.05, 4.69) is 144 Å². The molecule has 0 spiro atoms. The number of nitrogens with zero attached hydrogens (tertiary/aromatic N) is 2. The smallest absolute Gasteiger partial charge is 0.135 e. The summed E-state index contributed by atoms with van der Waals surface area (Å²) in [7, 11) is 0. The molecule has 3 heterocycles. The Labute approximate surface area is 247 Å². The molecule has 3 heteroatoms. The molecule has 0 atom stereocenters. The number of hydrogen-bond acceptors (Lipinski definition) is 1. The molecule has 202 valence electrons. The normalized spacial score (nSPS) is 11.9. The second-order valence-corrected chi connectivity index (χ2v) is 11.1. The van der Waals surface area contributed by atoms with E-state index in [1.807, 2.05) is 12.2 Å². The van der Waals surface area contributed by atoms with Gasteiger partial charge in [-0.3, -0.25) is 0 Å². The number of rotatable bonds is 4. The molecule has 0 bridgehead atoms. The highest BCUT2D eigenvalue weighted by Gasteiger charge is 2.17. The second kappa shape index (κ2) is 8.85. The maximum absolute atomic E-state index is 6.37. The number of aromatic nitrogens is 2. The maximum atomic E-state index is 6.37. The van der Waals surface area contributed by atoms with E-state index >= 15 is 0 Å². The zero-order valence-corrected chi connectivity index (χ0v) is 23.4. The second-order valence-electron chi connectivity index (χ2n) is 11.1. The topological polar surface area (TPSA) is 23.0 Å². The highest BCUT2D eigenvalue weighted by molar-refractivity contribution is 6.12. The molecule has 43 heavy (non-hydrogen) atoms. The average Bonchev–Trinajstić information content (AvgIpc) is 3.71. The van der Waals surface area contributed by atoms with E-state index in [4.69, 9.17) is 4.42 Å². The van der Waals surface area contributed by atoms with Crippen LogP contribution in [0, 0.1) is 0 Å². The minimum atomic E-state index is 0.878. The van der Waals surface area contributed by atoms with Gasteiger partial charge in [0.2, 0.25) is 0 Å². The lowest BCUT2D eigenvalue weighted by Gasteiger charge is -2.09. The molecule has 3 nitrogen and oxygen atoms in total. The van der Waals surface area contributed by atoms with Crippen molar-refractivity contribution in [2.24, 2.45) is 0 Å². The van der Waals surface area contributed by atoms with Gasteiger partial charge >= 0.3 is 0 Å². The van der Waals surface area contributed by atoms with Gasteiger partial charge in [-0.05, 0) is 83.9 Å². The van der Waals surface area contributed by atoms with Gasteiger partial charge in [0.25, 0.3) is 0 Å². The predicted octanol–water partition coefficient (Wildman–Crippen LogP) is 11.1. The summed E-state index contributed by atoms with van der Waals surface area (Å²) < 4.78 is 11.1. The first-order valence-electron chi connectivity index (χ1n) is 14.5. The van der Waals surface area contributed by atoms with Crippen molar-refractivity contribution in [1.82, 2.24) is 9.13 Å². The van der Waals surface area contributed by atoms with Crippen LogP contribution in [-0.2, 0) is 0 Å². The van der Waals surface area contributed by atoms with Crippen molar-refractivity contribution in [2.45, 2.75) is 0 Å². The standard InChI is InChI=1S/C40H26N2O/c1-3-25-13-17-37-31(21-25)29-9-5-7-11-35(29)41(37)27-15-19-39-33(23-27)34-24-28(16-20-40(34)43-39)42-36-12-8-6-10-30(36)32-22-26(4-2)14-18-38(32)42/h3-24H,1-2H2. The minimum Gasteiger partial charge on any atom is -0.456 e. The Kier molecular flexibility index (Phi) is 4.91. The first-order valence-corrected chi connectivity index (χ1v) is 14.5. The Bertz CT molecular complexity index is 2430. The molecule has 9 aromatic rings. The third kappa shape index (κ3) is 3.36. The third-order valence-electron chi connectivity index (χ3n) is 8.82. The lowest BCUT2D eigenvalue weighted by molar-refractivity contribution is 0.669. The molecular weight excluding hydrogens is 524 g/mol. The Morgan fingerprint density at radius 2 is 0.860 bits per heavy atom. The average molecular weight is 551 g/mol. The molecule has 0 saturated carbocycles. The summed E-state index contributed by atoms with van der Waals surface area (Å²) in [5.74, 6) is 0. The SMILES string of the molecule is C=Cc1ccc2c(c1)c1ccccc1n2-c1ccc2oc3ccc(-n4c5ccccc5c5cc(C=C)ccc54)cc3c2c1. The van der Waals surface area contributed by atoms with Crippen molar-refractivity contribution in [3.8, 4) is 11.4 Å². The van der Waals surface area contributed by atoms with Gasteiger partial charge in [0.15, 0.2) is 0 Å². The van der Waals surface area contributed by atoms with Gasteiger partial charge in [0.1, 0.15) is 11.2 Å². The molecule has 0 radical (unpaired) electrons. The molecule has 0 aliphatic carbocycles. The highest BCUT2D eigenvalue weighted by Crippen LogP contribution is 2.38. The van der Waals surface area contributed by atoms with Gasteiger partial charge in [-0.1, -0.05) is 73.8 Å². The predicted molar refractivity (Wildman–Crippen MR) is 183 cm³/mol. The van der Waals surface area contributed by atoms with Gasteiger partial charge in [-0.25, -0.2) is 0 Å². The van der Waals surface area contributed by atoms with Crippen LogP contribution in [0.2, 0.25) is 0 Å². The summed E-state index contributed by atoms with van der Waals surface area (Å²) in [5, 5.41) is 7.09. The summed E-state index contributed by atoms with van der Waals surface area (Å²) in [6.07, 6.45) is 3.81. The van der Waals surface area contributed by atoms with Crippen LogP contribution < -0.4 is 0 Å². The molecule has 0 fully saturated rings. The molecule has 0 unspecified atom stereocenters. The van der Waals surface area contributed by atoms with Gasteiger partial charge in [0, 0.05) is 43.7 Å². The first-order chi connectivity index (χ1) is 21.2. The fourth-order valence-electron chi connectivity index (χ4n) is 6.82. The summed E-state index contributed by atoms with van der Waals surface area (Å²) in [4.78, 5) is 0. The maximum Gasteiger partial charge on any atom is 0.135 e. The van der Waals surface area contributed by atoms with Crippen LogP contribution in [0.5, 0.6) is 0 Å². The Balaban J connectivity index is 1.30. The van der Waals surface area contributed by atoms with E-state index in [1.165, 1.54) is 43.6 Å². The molecule has 0 amide bonds. The zero-order valence-electron chi connectivity index (χ0n) is 23.4. The lowest BCUT2D eigenvalue weighted by Crippen LogP contribution is -1.94. The first kappa shape index (κ1) is 23.9. The van der Waals surface area contributed by atoms with Crippen molar-refractivity contribution in [2.75, 3.05) is 0 Å². The fourth-order valence-corrected chi connectivity index (χ4v) is 6.82. The van der Waals surface area contributed by atoms with Crippen molar-refractivity contribution in [1.29, 1.82) is 0 Å². The van der Waals surface area contributed by atoms with Gasteiger partial charge in [-0.15, -0.1) is 0 Å². The van der Waals surface area contributed by atoms with Crippen LogP contribution in [0.15, 0.2) is 139 Å². The quantitative estimate of drug-likeness (QED) is 0.214. The summed E-state index contributed by atoms with van der Waals surface area (Å²) in [6, 6.07) is 43.3. The third-order valence-corrected chi connectivity index (χ3v) is 8.82. The van der Waals surface area contributed by atoms with Crippen molar-refractivity contribution in [3.63, 3.8) is 0 Å². The van der Waals surface area contributed by atoms with Crippen LogP contribution in [0.1, 0.15) is 11.1 Å². The molecule has 0 N–H and O–H groups in total. The number of benzene rings is 6. The molecule has 9 rings (SSSR count). The summed E-state index contributed by atoms with van der Waals surface area (Å²) in [6.45, 7) is 7.97. The Hall–Kier alpha value is -5.80. The molecule has 0 aliphatic rings. The van der Waals surface area contributed by atoms with E-state index in [9.17, 15) is 0 Å². The van der Waals surface area contributed by atoms with Gasteiger partial charge < -0.3 is 13.6 Å². The molecular formula is C40H26N2O. The van der Waals surface area contributed by atoms with Crippen LogP contribution >= 0.6 is 0 Å². The summed E-state index contributed by atoms with van der Waals surface area (Å²) >= 11 is 0. The monoisotopic (exact) mass is 550 g/mol. The van der Waals surface area contributed by atoms with Crippen molar-refractivity contribution < 1.29 is 4.42 Å².